The molecule has 2 N–H and O–H groups in total. The minimum Gasteiger partial charge on any atom is -0.497 e. The molecule has 2 rings (SSSR count). The van der Waals surface area contributed by atoms with Crippen LogP contribution < -0.4 is 20.1 Å². The van der Waals surface area contributed by atoms with E-state index in [4.69, 9.17) is 25.8 Å². The first-order valence-corrected chi connectivity index (χ1v) is 7.84. The van der Waals surface area contributed by atoms with Crippen molar-refractivity contribution in [3.05, 3.63) is 35.0 Å². The number of benzene rings is 1. The van der Waals surface area contributed by atoms with Gasteiger partial charge in [-0.1, -0.05) is 0 Å². The van der Waals surface area contributed by atoms with Gasteiger partial charge in [-0.25, -0.2) is 9.59 Å². The Morgan fingerprint density at radius 1 is 1.29 bits per heavy atom. The molecule has 130 valence electrons. The van der Waals surface area contributed by atoms with Crippen molar-refractivity contribution in [1.29, 1.82) is 0 Å². The summed E-state index contributed by atoms with van der Waals surface area (Å²) >= 11 is 5.90. The number of hydrogen-bond acceptors (Lipinski definition) is 5. The molecule has 0 saturated carbocycles. The van der Waals surface area contributed by atoms with Crippen LogP contribution in [0.25, 0.3) is 0 Å². The van der Waals surface area contributed by atoms with E-state index in [1.165, 1.54) is 14.2 Å². The number of urea groups is 1. The highest BCUT2D eigenvalue weighted by atomic mass is 35.5. The van der Waals surface area contributed by atoms with E-state index in [9.17, 15) is 9.59 Å². The lowest BCUT2D eigenvalue weighted by Gasteiger charge is -2.29. The average molecular weight is 355 g/mol. The molecule has 0 bridgehead atoms. The van der Waals surface area contributed by atoms with E-state index in [0.29, 0.717) is 22.8 Å². The van der Waals surface area contributed by atoms with Crippen LogP contribution in [0.15, 0.2) is 29.5 Å². The average Bonchev–Trinajstić information content (AvgIpc) is 2.60. The maximum atomic E-state index is 12.4. The molecule has 0 spiro atoms. The second kappa shape index (κ2) is 7.92. The van der Waals surface area contributed by atoms with Crippen LogP contribution in [0.1, 0.15) is 18.5 Å². The van der Waals surface area contributed by atoms with Gasteiger partial charge in [0.05, 0.1) is 38.3 Å². The van der Waals surface area contributed by atoms with Crippen LogP contribution in [0.3, 0.4) is 0 Å². The summed E-state index contributed by atoms with van der Waals surface area (Å²) in [5.74, 6) is 0.479. The van der Waals surface area contributed by atoms with Crippen LogP contribution >= 0.6 is 11.6 Å². The van der Waals surface area contributed by atoms with Crippen molar-refractivity contribution in [2.24, 2.45) is 0 Å². The Morgan fingerprint density at radius 2 is 2.04 bits per heavy atom. The molecule has 1 atom stereocenters. The van der Waals surface area contributed by atoms with Crippen molar-refractivity contribution in [1.82, 2.24) is 10.6 Å². The Hall–Kier alpha value is -2.41. The molecule has 1 aliphatic rings. The fourth-order valence-electron chi connectivity index (χ4n) is 2.46. The lowest BCUT2D eigenvalue weighted by Crippen LogP contribution is -2.46. The first-order valence-electron chi connectivity index (χ1n) is 7.31. The van der Waals surface area contributed by atoms with Crippen molar-refractivity contribution >= 4 is 23.6 Å². The molecule has 2 amide bonds. The molecule has 0 fully saturated rings. The number of carbonyl (C=O) groups excluding carboxylic acids is 2. The highest BCUT2D eigenvalue weighted by molar-refractivity contribution is 6.20. The van der Waals surface area contributed by atoms with Crippen molar-refractivity contribution < 1.29 is 23.8 Å². The summed E-state index contributed by atoms with van der Waals surface area (Å²) in [6.45, 7) is 1.91. The van der Waals surface area contributed by atoms with Crippen LogP contribution in [0.2, 0.25) is 0 Å². The molecule has 7 nitrogen and oxygen atoms in total. The first-order chi connectivity index (χ1) is 11.5. The van der Waals surface area contributed by atoms with Crippen molar-refractivity contribution in [2.45, 2.75) is 13.0 Å². The van der Waals surface area contributed by atoms with Crippen molar-refractivity contribution in [3.63, 3.8) is 0 Å². The zero-order chi connectivity index (χ0) is 17.7. The summed E-state index contributed by atoms with van der Waals surface area (Å²) in [6.07, 6.45) is 0. The number of hydrogen-bond donors (Lipinski definition) is 2. The zero-order valence-corrected chi connectivity index (χ0v) is 14.4. The predicted molar refractivity (Wildman–Crippen MR) is 88.3 cm³/mol. The number of ether oxygens (including phenoxy) is 3. The first kappa shape index (κ1) is 17.9. The minimum atomic E-state index is -0.743. The van der Waals surface area contributed by atoms with Crippen LogP contribution in [0.5, 0.6) is 11.5 Å². The van der Waals surface area contributed by atoms with Crippen LogP contribution in [0.4, 0.5) is 4.79 Å². The standard InChI is InChI=1S/C16H19ClN2O5/c1-4-24-15(20)13-11(8-17)18-16(21)19-14(13)10-6-5-9(22-2)7-12(10)23-3/h5-7,14H,4,8H2,1-3H3,(H2,18,19,21)/t14-/m0/s1. The summed E-state index contributed by atoms with van der Waals surface area (Å²) in [7, 11) is 3.04. The number of nitrogens with one attached hydrogen (secondary N) is 2. The van der Waals surface area contributed by atoms with E-state index in [1.807, 2.05) is 0 Å². The van der Waals surface area contributed by atoms with Crippen LogP contribution in [-0.4, -0.2) is 38.7 Å². The third-order valence-electron chi connectivity index (χ3n) is 3.53. The molecule has 0 unspecified atom stereocenters. The summed E-state index contributed by atoms with van der Waals surface area (Å²) < 4.78 is 15.7. The monoisotopic (exact) mass is 354 g/mol. The zero-order valence-electron chi connectivity index (χ0n) is 13.6. The third-order valence-corrected chi connectivity index (χ3v) is 3.80. The molecule has 0 aliphatic carbocycles. The SMILES string of the molecule is CCOC(=O)C1=C(CCl)NC(=O)N[C@H]1c1ccc(OC)cc1OC. The molecule has 0 saturated heterocycles. The van der Waals surface area contributed by atoms with E-state index in [0.717, 1.165) is 0 Å². The van der Waals surface area contributed by atoms with Gasteiger partial charge in [-0.15, -0.1) is 11.6 Å². The topological polar surface area (TPSA) is 85.9 Å². The fourth-order valence-corrected chi connectivity index (χ4v) is 2.67. The van der Waals surface area contributed by atoms with Gasteiger partial charge in [0.25, 0.3) is 0 Å². The third kappa shape index (κ3) is 3.56. The molecule has 24 heavy (non-hydrogen) atoms. The van der Waals surface area contributed by atoms with Gasteiger partial charge in [0.1, 0.15) is 11.5 Å². The summed E-state index contributed by atoms with van der Waals surface area (Å²) in [4.78, 5) is 24.3. The smallest absolute Gasteiger partial charge is 0.338 e. The van der Waals surface area contributed by atoms with Gasteiger partial charge >= 0.3 is 12.0 Å². The second-order valence-corrected chi connectivity index (χ2v) is 5.15. The Bertz CT molecular complexity index is 674. The van der Waals surface area contributed by atoms with Gasteiger partial charge < -0.3 is 24.8 Å². The van der Waals surface area contributed by atoms with Gasteiger partial charge in [0.2, 0.25) is 0 Å². The van der Waals surface area contributed by atoms with Crippen LogP contribution in [0, 0.1) is 0 Å². The van der Waals surface area contributed by atoms with Gasteiger partial charge in [0.15, 0.2) is 0 Å². The number of esters is 1. The van der Waals surface area contributed by atoms with Crippen molar-refractivity contribution in [2.75, 3.05) is 26.7 Å². The van der Waals surface area contributed by atoms with Crippen LogP contribution in [-0.2, 0) is 9.53 Å². The predicted octanol–water partition coefficient (Wildman–Crippen LogP) is 2.11. The summed E-state index contributed by atoms with van der Waals surface area (Å²) in [6, 6.07) is 3.91. The van der Waals surface area contributed by atoms with E-state index in [2.05, 4.69) is 10.6 Å². The summed E-state index contributed by atoms with van der Waals surface area (Å²) in [5.41, 5.74) is 1.15. The Morgan fingerprint density at radius 3 is 2.62 bits per heavy atom. The molecule has 1 aromatic rings. The normalized spacial score (nSPS) is 17.0. The number of halogens is 1. The number of methoxy groups -OCH3 is 2. The van der Waals surface area contributed by atoms with Gasteiger partial charge in [0, 0.05) is 17.3 Å². The highest BCUT2D eigenvalue weighted by Crippen LogP contribution is 2.35. The molecular weight excluding hydrogens is 336 g/mol. The van der Waals surface area contributed by atoms with E-state index in [-0.39, 0.29) is 18.1 Å². The number of amides is 2. The van der Waals surface area contributed by atoms with E-state index in [1.54, 1.807) is 25.1 Å². The highest BCUT2D eigenvalue weighted by Gasteiger charge is 2.35. The molecule has 1 aliphatic heterocycles. The number of allylic oxidation sites excluding steroid dienone is 1. The minimum absolute atomic E-state index is 0.0312. The lowest BCUT2D eigenvalue weighted by molar-refractivity contribution is -0.139. The van der Waals surface area contributed by atoms with Gasteiger partial charge in [-0.2, -0.15) is 0 Å². The largest absolute Gasteiger partial charge is 0.497 e. The maximum absolute atomic E-state index is 12.4. The fraction of sp³-hybridized carbons (Fsp3) is 0.375. The number of alkyl halides is 1. The Balaban J connectivity index is 2.56. The molecule has 0 radical (unpaired) electrons. The second-order valence-electron chi connectivity index (χ2n) is 4.89. The molecule has 0 aromatic heterocycles. The van der Waals surface area contributed by atoms with Gasteiger partial charge in [-0.05, 0) is 19.1 Å². The van der Waals surface area contributed by atoms with Crippen molar-refractivity contribution in [3.8, 4) is 11.5 Å². The van der Waals surface area contributed by atoms with E-state index < -0.39 is 18.0 Å². The van der Waals surface area contributed by atoms with E-state index >= 15 is 0 Å². The molecular formula is C16H19ClN2O5. The molecule has 1 heterocycles. The maximum Gasteiger partial charge on any atom is 0.338 e. The summed E-state index contributed by atoms with van der Waals surface area (Å²) in [5, 5.41) is 5.26. The quantitative estimate of drug-likeness (QED) is 0.603. The number of carbonyl (C=O) groups is 2. The Kier molecular flexibility index (Phi) is 5.92. The Labute approximate surface area is 144 Å². The number of rotatable bonds is 6. The lowest BCUT2D eigenvalue weighted by atomic mass is 9.94. The van der Waals surface area contributed by atoms with Gasteiger partial charge in [-0.3, -0.25) is 0 Å². The molecule has 1 aromatic carbocycles. The molecule has 8 heteroatoms.